The van der Waals surface area contributed by atoms with Gasteiger partial charge >= 0.3 is 0 Å². The van der Waals surface area contributed by atoms with Gasteiger partial charge in [0.1, 0.15) is 0 Å². The number of hydrogen-bond acceptors (Lipinski definition) is 2. The lowest BCUT2D eigenvalue weighted by atomic mass is 10.1. The second-order valence-corrected chi connectivity index (χ2v) is 6.18. The third kappa shape index (κ3) is 2.98. The SMILES string of the molecule is CC(C)N1CCCC(Nc2ccc3[nH]ccc3c2)CC1. The smallest absolute Gasteiger partial charge is 0.0455 e. The molecule has 0 radical (unpaired) electrons. The van der Waals surface area contributed by atoms with Gasteiger partial charge in [-0.25, -0.2) is 0 Å². The highest BCUT2D eigenvalue weighted by atomic mass is 15.1. The van der Waals surface area contributed by atoms with Crippen LogP contribution in [-0.2, 0) is 0 Å². The van der Waals surface area contributed by atoms with Crippen LogP contribution >= 0.6 is 0 Å². The van der Waals surface area contributed by atoms with Gasteiger partial charge in [-0.05, 0) is 63.9 Å². The molecule has 3 heteroatoms. The molecule has 0 spiro atoms. The van der Waals surface area contributed by atoms with E-state index in [0.717, 1.165) is 0 Å². The minimum atomic E-state index is 0.607. The van der Waals surface area contributed by atoms with Gasteiger partial charge in [-0.1, -0.05) is 0 Å². The lowest BCUT2D eigenvalue weighted by molar-refractivity contribution is 0.230. The lowest BCUT2D eigenvalue weighted by Gasteiger charge is -2.24. The van der Waals surface area contributed by atoms with Gasteiger partial charge < -0.3 is 15.2 Å². The molecule has 0 bridgehead atoms. The van der Waals surface area contributed by atoms with Gasteiger partial charge in [0.05, 0.1) is 0 Å². The molecular weight excluding hydrogens is 246 g/mol. The second kappa shape index (κ2) is 5.88. The molecule has 0 aliphatic carbocycles. The number of nitrogens with one attached hydrogen (secondary N) is 2. The van der Waals surface area contributed by atoms with Gasteiger partial charge in [0.15, 0.2) is 0 Å². The molecule has 1 saturated heterocycles. The van der Waals surface area contributed by atoms with Crippen molar-refractivity contribution in [3.05, 3.63) is 30.5 Å². The molecule has 1 aromatic carbocycles. The second-order valence-electron chi connectivity index (χ2n) is 6.18. The third-order valence-corrected chi connectivity index (χ3v) is 4.42. The number of aromatic nitrogens is 1. The fraction of sp³-hybridized carbons (Fsp3) is 0.529. The van der Waals surface area contributed by atoms with E-state index in [9.17, 15) is 0 Å². The van der Waals surface area contributed by atoms with E-state index in [2.05, 4.69) is 53.3 Å². The molecule has 1 atom stereocenters. The Kier molecular flexibility index (Phi) is 3.97. The summed E-state index contributed by atoms with van der Waals surface area (Å²) in [6.07, 6.45) is 5.81. The minimum Gasteiger partial charge on any atom is -0.382 e. The zero-order valence-corrected chi connectivity index (χ0v) is 12.5. The number of hydrogen-bond donors (Lipinski definition) is 2. The van der Waals surface area contributed by atoms with Crippen molar-refractivity contribution in [2.45, 2.75) is 45.2 Å². The first-order valence-electron chi connectivity index (χ1n) is 7.80. The summed E-state index contributed by atoms with van der Waals surface area (Å²) in [6.45, 7) is 7.05. The highest BCUT2D eigenvalue weighted by Gasteiger charge is 2.18. The van der Waals surface area contributed by atoms with E-state index >= 15 is 0 Å². The Bertz CT molecular complexity index is 558. The highest BCUT2D eigenvalue weighted by Crippen LogP contribution is 2.21. The van der Waals surface area contributed by atoms with Crippen molar-refractivity contribution in [1.29, 1.82) is 0 Å². The fourth-order valence-corrected chi connectivity index (χ4v) is 3.16. The molecule has 2 N–H and O–H groups in total. The van der Waals surface area contributed by atoms with E-state index in [-0.39, 0.29) is 0 Å². The van der Waals surface area contributed by atoms with E-state index < -0.39 is 0 Å². The van der Waals surface area contributed by atoms with E-state index in [1.54, 1.807) is 0 Å². The first-order valence-corrected chi connectivity index (χ1v) is 7.80. The molecule has 108 valence electrons. The molecule has 1 aliphatic rings. The van der Waals surface area contributed by atoms with E-state index in [1.165, 1.54) is 48.9 Å². The Labute approximate surface area is 121 Å². The maximum Gasteiger partial charge on any atom is 0.0455 e. The Balaban J connectivity index is 1.65. The van der Waals surface area contributed by atoms with E-state index in [4.69, 9.17) is 0 Å². The van der Waals surface area contributed by atoms with Gasteiger partial charge in [-0.3, -0.25) is 0 Å². The van der Waals surface area contributed by atoms with Crippen molar-refractivity contribution in [2.24, 2.45) is 0 Å². The molecule has 3 rings (SSSR count). The Morgan fingerprint density at radius 1 is 1.20 bits per heavy atom. The monoisotopic (exact) mass is 271 g/mol. The van der Waals surface area contributed by atoms with Crippen molar-refractivity contribution in [3.63, 3.8) is 0 Å². The quantitative estimate of drug-likeness (QED) is 0.888. The summed E-state index contributed by atoms with van der Waals surface area (Å²) in [7, 11) is 0. The summed E-state index contributed by atoms with van der Waals surface area (Å²) >= 11 is 0. The van der Waals surface area contributed by atoms with Crippen LogP contribution in [0.15, 0.2) is 30.5 Å². The third-order valence-electron chi connectivity index (χ3n) is 4.42. The Hall–Kier alpha value is -1.48. The van der Waals surface area contributed by atoms with E-state index in [1.807, 2.05) is 6.20 Å². The van der Waals surface area contributed by atoms with Crippen LogP contribution in [0.3, 0.4) is 0 Å². The summed E-state index contributed by atoms with van der Waals surface area (Å²) in [4.78, 5) is 5.84. The molecule has 1 aliphatic heterocycles. The predicted molar refractivity (Wildman–Crippen MR) is 86.3 cm³/mol. The molecule has 20 heavy (non-hydrogen) atoms. The van der Waals surface area contributed by atoms with Crippen LogP contribution < -0.4 is 5.32 Å². The maximum absolute atomic E-state index is 3.72. The molecule has 3 nitrogen and oxygen atoms in total. The number of nitrogens with zero attached hydrogens (tertiary/aromatic N) is 1. The fourth-order valence-electron chi connectivity index (χ4n) is 3.16. The standard InChI is InChI=1S/C17H25N3/c1-13(2)20-10-3-4-15(8-11-20)19-16-5-6-17-14(12-16)7-9-18-17/h5-7,9,12-13,15,18-19H,3-4,8,10-11H2,1-2H3. The van der Waals surface area contributed by atoms with Crippen LogP contribution in [0.25, 0.3) is 10.9 Å². The van der Waals surface area contributed by atoms with Crippen LogP contribution in [0, 0.1) is 0 Å². The Morgan fingerprint density at radius 2 is 2.10 bits per heavy atom. The highest BCUT2D eigenvalue weighted by molar-refractivity contribution is 5.83. The summed E-state index contributed by atoms with van der Waals surface area (Å²) in [5.74, 6) is 0. The zero-order valence-electron chi connectivity index (χ0n) is 12.5. The zero-order chi connectivity index (χ0) is 13.9. The van der Waals surface area contributed by atoms with Gasteiger partial charge in [0.2, 0.25) is 0 Å². The van der Waals surface area contributed by atoms with Crippen LogP contribution in [0.5, 0.6) is 0 Å². The Morgan fingerprint density at radius 3 is 2.95 bits per heavy atom. The first-order chi connectivity index (χ1) is 9.72. The van der Waals surface area contributed by atoms with Crippen LogP contribution in [0.4, 0.5) is 5.69 Å². The number of rotatable bonds is 3. The van der Waals surface area contributed by atoms with Crippen molar-refractivity contribution in [1.82, 2.24) is 9.88 Å². The molecule has 0 saturated carbocycles. The van der Waals surface area contributed by atoms with Gasteiger partial charge in [0.25, 0.3) is 0 Å². The number of fused-ring (bicyclic) bond motifs is 1. The summed E-state index contributed by atoms with van der Waals surface area (Å²) in [6, 6.07) is 10.0. The van der Waals surface area contributed by atoms with Crippen LogP contribution in [0.2, 0.25) is 0 Å². The maximum atomic E-state index is 3.72. The van der Waals surface area contributed by atoms with Gasteiger partial charge in [-0.2, -0.15) is 0 Å². The molecule has 0 amide bonds. The normalized spacial score (nSPS) is 21.2. The molecule has 2 aromatic rings. The topological polar surface area (TPSA) is 31.1 Å². The number of benzene rings is 1. The first kappa shape index (κ1) is 13.5. The van der Waals surface area contributed by atoms with Gasteiger partial charge in [-0.15, -0.1) is 0 Å². The summed E-state index contributed by atoms with van der Waals surface area (Å²) in [5.41, 5.74) is 2.46. The average molecular weight is 271 g/mol. The number of aromatic amines is 1. The van der Waals surface area contributed by atoms with Crippen LogP contribution in [0.1, 0.15) is 33.1 Å². The van der Waals surface area contributed by atoms with Crippen molar-refractivity contribution in [3.8, 4) is 0 Å². The summed E-state index contributed by atoms with van der Waals surface area (Å²) < 4.78 is 0. The minimum absolute atomic E-state index is 0.607. The number of H-pyrrole nitrogens is 1. The van der Waals surface area contributed by atoms with Gasteiger partial charge in [0, 0.05) is 41.4 Å². The molecule has 2 heterocycles. The lowest BCUT2D eigenvalue weighted by Crippen LogP contribution is -2.32. The van der Waals surface area contributed by atoms with Crippen molar-refractivity contribution in [2.75, 3.05) is 18.4 Å². The predicted octanol–water partition coefficient (Wildman–Crippen LogP) is 3.84. The van der Waals surface area contributed by atoms with Crippen molar-refractivity contribution >= 4 is 16.6 Å². The molecule has 1 aromatic heterocycles. The molecule has 1 fully saturated rings. The average Bonchev–Trinajstić information content (AvgIpc) is 2.76. The molecular formula is C17H25N3. The van der Waals surface area contributed by atoms with Crippen LogP contribution in [-0.4, -0.2) is 35.1 Å². The number of likely N-dealkylation sites (tertiary alicyclic amines) is 1. The summed E-state index contributed by atoms with van der Waals surface area (Å²) in [5, 5.41) is 5.01. The molecule has 1 unspecified atom stereocenters. The van der Waals surface area contributed by atoms with E-state index in [0.29, 0.717) is 12.1 Å². The number of anilines is 1. The largest absolute Gasteiger partial charge is 0.382 e. The van der Waals surface area contributed by atoms with Crippen molar-refractivity contribution < 1.29 is 0 Å².